The molecule has 0 saturated carbocycles. The average molecular weight is 624 g/mol. The molecule has 3 aliphatic heterocycles. The van der Waals surface area contributed by atoms with Crippen molar-refractivity contribution in [2.45, 2.75) is 55.9 Å². The summed E-state index contributed by atoms with van der Waals surface area (Å²) in [4.78, 5) is 13.4. The van der Waals surface area contributed by atoms with Gasteiger partial charge in [0.15, 0.2) is 9.84 Å². The van der Waals surface area contributed by atoms with Gasteiger partial charge in [0.1, 0.15) is 5.56 Å². The summed E-state index contributed by atoms with van der Waals surface area (Å²) in [6.45, 7) is 6.35. The summed E-state index contributed by atoms with van der Waals surface area (Å²) in [7, 11) is -3.71. The van der Waals surface area contributed by atoms with Crippen LogP contribution < -0.4 is 10.2 Å². The molecular weight excluding hydrogens is 591 g/mol. The van der Waals surface area contributed by atoms with Gasteiger partial charge in [-0.1, -0.05) is 6.92 Å². The van der Waals surface area contributed by atoms with Crippen molar-refractivity contribution < 1.29 is 31.4 Å². The van der Waals surface area contributed by atoms with Crippen LogP contribution in [0.3, 0.4) is 0 Å². The Morgan fingerprint density at radius 3 is 2.71 bits per heavy atom. The number of hydrogen-bond acceptors (Lipinski definition) is 10. The first kappa shape index (κ1) is 29.3. The zero-order valence-corrected chi connectivity index (χ0v) is 24.8. The van der Waals surface area contributed by atoms with Crippen molar-refractivity contribution in [3.8, 4) is 10.6 Å². The third kappa shape index (κ3) is 5.39. The molecule has 2 fully saturated rings. The molecule has 2 bridgehead atoms. The van der Waals surface area contributed by atoms with E-state index in [1.165, 1.54) is 6.07 Å². The summed E-state index contributed by atoms with van der Waals surface area (Å²) in [6.07, 6.45) is -2.84. The van der Waals surface area contributed by atoms with E-state index in [4.69, 9.17) is 4.74 Å². The second-order valence-electron chi connectivity index (χ2n) is 10.9. The number of piperazine rings is 1. The van der Waals surface area contributed by atoms with E-state index in [0.29, 0.717) is 35.6 Å². The van der Waals surface area contributed by atoms with Gasteiger partial charge in [-0.05, 0) is 49.6 Å². The Bertz CT molecular complexity index is 1600. The van der Waals surface area contributed by atoms with Gasteiger partial charge in [0.2, 0.25) is 5.95 Å². The maximum atomic E-state index is 14.1. The molecule has 0 spiro atoms. The lowest BCUT2D eigenvalue weighted by molar-refractivity contribution is -0.137. The number of benzene rings is 1. The molecule has 3 aromatic rings. The van der Waals surface area contributed by atoms with Crippen molar-refractivity contribution in [2.24, 2.45) is 0 Å². The standard InChI is InChI=1S/C28H32F3N5O4S2/c1-3-17-10-18(36-15-19-11-20(36)14-35(19)6-7-37)4-5-22(17)33-27-32-13-21(28(29,30)31)25(34-27)23-12-24-26(41-23)16(2)40-8-9-42(24,38)39/h4-5,10,12-13,16,19-20,37H,3,6-9,11,14-15H2,1-2H3,(H,32,33,34)/t16?,19-,20-/m1/s1. The number of β-amino-alcohol motifs (C(OH)–C–C–N with tert-alkyl or cyclic N) is 1. The minimum atomic E-state index is -4.74. The number of aliphatic hydroxyl groups excluding tert-OH is 1. The Balaban J connectivity index is 1.31. The summed E-state index contributed by atoms with van der Waals surface area (Å²) >= 11 is 0.945. The minimum Gasteiger partial charge on any atom is -0.395 e. The van der Waals surface area contributed by atoms with E-state index in [1.807, 2.05) is 19.1 Å². The van der Waals surface area contributed by atoms with E-state index in [9.17, 15) is 26.7 Å². The van der Waals surface area contributed by atoms with Crippen LogP contribution in [0.15, 0.2) is 35.4 Å². The number of sulfone groups is 1. The first-order valence-corrected chi connectivity index (χ1v) is 16.4. The largest absolute Gasteiger partial charge is 0.420 e. The van der Waals surface area contributed by atoms with E-state index in [2.05, 4.69) is 31.2 Å². The Kier molecular flexibility index (Phi) is 7.71. The molecule has 0 radical (unpaired) electrons. The smallest absolute Gasteiger partial charge is 0.395 e. The van der Waals surface area contributed by atoms with Gasteiger partial charge in [0, 0.05) is 49.3 Å². The maximum Gasteiger partial charge on any atom is 0.420 e. The SMILES string of the molecule is CCc1cc(N2C[C@H]3C[C@@H]2CN3CCO)ccc1Nc1ncc(C(F)(F)F)c(-c2cc3c(s2)C(C)OCCS3(=O)=O)n1. The first-order chi connectivity index (χ1) is 20.0. The van der Waals surface area contributed by atoms with Crippen LogP contribution in [0.1, 0.15) is 42.4 Å². The number of anilines is 3. The average Bonchev–Trinajstić information content (AvgIpc) is 3.66. The van der Waals surface area contributed by atoms with Gasteiger partial charge in [-0.2, -0.15) is 13.2 Å². The summed E-state index contributed by atoms with van der Waals surface area (Å²) in [5.74, 6) is -0.255. The molecular formula is C28H32F3N5O4S2. The van der Waals surface area contributed by atoms with Crippen LogP contribution in [-0.2, 0) is 27.2 Å². The summed E-state index contributed by atoms with van der Waals surface area (Å²) in [6, 6.07) is 8.05. The normalized spacial score (nSPS) is 23.7. The Morgan fingerprint density at radius 2 is 2.02 bits per heavy atom. The number of aliphatic hydroxyl groups is 1. The van der Waals surface area contributed by atoms with E-state index in [1.54, 1.807) is 6.92 Å². The van der Waals surface area contributed by atoms with Gasteiger partial charge in [0.25, 0.3) is 0 Å². The van der Waals surface area contributed by atoms with Gasteiger partial charge < -0.3 is 20.1 Å². The first-order valence-electron chi connectivity index (χ1n) is 13.9. The Labute approximate surface area is 246 Å². The molecule has 2 N–H and O–H groups in total. The molecule has 2 saturated heterocycles. The minimum absolute atomic E-state index is 0.00676. The van der Waals surface area contributed by atoms with Crippen molar-refractivity contribution in [1.29, 1.82) is 0 Å². The van der Waals surface area contributed by atoms with Crippen molar-refractivity contribution in [3.05, 3.63) is 46.5 Å². The van der Waals surface area contributed by atoms with Crippen molar-refractivity contribution >= 4 is 38.5 Å². The monoisotopic (exact) mass is 623 g/mol. The number of ether oxygens (including phenoxy) is 1. The molecule has 2 aromatic heterocycles. The van der Waals surface area contributed by atoms with Crippen LogP contribution in [0.2, 0.25) is 0 Å². The molecule has 3 atom stereocenters. The highest BCUT2D eigenvalue weighted by atomic mass is 32.2. The van der Waals surface area contributed by atoms with E-state index < -0.39 is 27.7 Å². The van der Waals surface area contributed by atoms with Crippen LogP contribution in [0.25, 0.3) is 10.6 Å². The number of halogens is 3. The number of aromatic nitrogens is 2. The lowest BCUT2D eigenvalue weighted by Crippen LogP contribution is -2.47. The number of nitrogens with one attached hydrogen (secondary N) is 1. The van der Waals surface area contributed by atoms with Crippen LogP contribution in [0.5, 0.6) is 0 Å². The number of alkyl halides is 3. The fourth-order valence-electron chi connectivity index (χ4n) is 6.15. The quantitative estimate of drug-likeness (QED) is 0.389. The number of thiophene rings is 1. The predicted molar refractivity (Wildman–Crippen MR) is 154 cm³/mol. The van der Waals surface area contributed by atoms with Crippen LogP contribution in [0, 0.1) is 0 Å². The molecule has 226 valence electrons. The van der Waals surface area contributed by atoms with E-state index in [0.717, 1.165) is 48.3 Å². The summed E-state index contributed by atoms with van der Waals surface area (Å²) in [5, 5.41) is 12.4. The second-order valence-corrected chi connectivity index (χ2v) is 14.0. The molecule has 9 nitrogen and oxygen atoms in total. The topological polar surface area (TPSA) is 108 Å². The molecule has 0 aliphatic carbocycles. The fourth-order valence-corrected chi connectivity index (χ4v) is 9.10. The fraction of sp³-hybridized carbons (Fsp3) is 0.500. The van der Waals surface area contributed by atoms with Crippen LogP contribution >= 0.6 is 11.3 Å². The van der Waals surface area contributed by atoms with Gasteiger partial charge in [-0.3, -0.25) is 4.90 Å². The summed E-state index contributed by atoms with van der Waals surface area (Å²) in [5.41, 5.74) is 1.31. The predicted octanol–water partition coefficient (Wildman–Crippen LogP) is 4.65. The van der Waals surface area contributed by atoms with Crippen molar-refractivity contribution in [3.63, 3.8) is 0 Å². The van der Waals surface area contributed by atoms with Crippen molar-refractivity contribution in [2.75, 3.05) is 48.8 Å². The van der Waals surface area contributed by atoms with Gasteiger partial charge >= 0.3 is 6.18 Å². The number of fused-ring (bicyclic) bond motifs is 3. The highest BCUT2D eigenvalue weighted by molar-refractivity contribution is 7.91. The second kappa shape index (κ2) is 11.1. The molecule has 5 heterocycles. The number of hydrogen-bond donors (Lipinski definition) is 2. The number of rotatable bonds is 7. The zero-order chi connectivity index (χ0) is 29.8. The number of nitrogens with zero attached hydrogens (tertiary/aromatic N) is 4. The molecule has 1 aromatic carbocycles. The van der Waals surface area contributed by atoms with Crippen LogP contribution in [-0.4, -0.2) is 79.1 Å². The highest BCUT2D eigenvalue weighted by Crippen LogP contribution is 2.44. The van der Waals surface area contributed by atoms with Gasteiger partial charge in [-0.25, -0.2) is 18.4 Å². The molecule has 0 amide bonds. The third-order valence-corrected chi connectivity index (χ3v) is 11.4. The van der Waals surface area contributed by atoms with E-state index >= 15 is 0 Å². The maximum absolute atomic E-state index is 14.1. The third-order valence-electron chi connectivity index (χ3n) is 8.27. The molecule has 42 heavy (non-hydrogen) atoms. The number of aryl methyl sites for hydroxylation is 1. The Hall–Kier alpha value is -2.78. The number of likely N-dealkylation sites (tertiary alicyclic amines) is 1. The zero-order valence-electron chi connectivity index (χ0n) is 23.2. The van der Waals surface area contributed by atoms with Crippen LogP contribution in [0.4, 0.5) is 30.5 Å². The molecule has 3 aliphatic rings. The Morgan fingerprint density at radius 1 is 1.21 bits per heavy atom. The van der Waals surface area contributed by atoms with Gasteiger partial charge in [0.05, 0.1) is 45.4 Å². The summed E-state index contributed by atoms with van der Waals surface area (Å²) < 4.78 is 73.3. The molecule has 6 rings (SSSR count). The molecule has 14 heteroatoms. The highest BCUT2D eigenvalue weighted by Gasteiger charge is 2.43. The lowest BCUT2D eigenvalue weighted by Gasteiger charge is -2.35. The lowest BCUT2D eigenvalue weighted by atomic mass is 10.1. The van der Waals surface area contributed by atoms with E-state index in [-0.39, 0.29) is 40.4 Å². The molecule has 1 unspecified atom stereocenters. The van der Waals surface area contributed by atoms with Gasteiger partial charge in [-0.15, -0.1) is 11.3 Å². The van der Waals surface area contributed by atoms with Crippen molar-refractivity contribution in [1.82, 2.24) is 14.9 Å².